The van der Waals surface area contributed by atoms with Crippen LogP contribution in [-0.2, 0) is 7.05 Å². The molecule has 0 amide bonds. The van der Waals surface area contributed by atoms with E-state index < -0.39 is 0 Å². The molecule has 3 nitrogen and oxygen atoms in total. The van der Waals surface area contributed by atoms with Crippen LogP contribution in [0.2, 0.25) is 0 Å². The van der Waals surface area contributed by atoms with Crippen LogP contribution in [-0.4, -0.2) is 15.3 Å². The molecule has 78 valence electrons. The van der Waals surface area contributed by atoms with E-state index in [1.54, 1.807) is 0 Å². The Labute approximate surface area is 85.3 Å². The SMILES string of the molecule is CC(C)C(c1ccnn1C)C1(N)CC1. The second-order valence-electron chi connectivity index (χ2n) is 4.83. The number of nitrogens with zero attached hydrogens (tertiary/aromatic N) is 2. The first-order valence-electron chi connectivity index (χ1n) is 5.31. The van der Waals surface area contributed by atoms with Crippen molar-refractivity contribution in [3.63, 3.8) is 0 Å². The predicted octanol–water partition coefficient (Wildman–Crippen LogP) is 1.65. The summed E-state index contributed by atoms with van der Waals surface area (Å²) in [4.78, 5) is 0. The van der Waals surface area contributed by atoms with Crippen molar-refractivity contribution >= 4 is 0 Å². The van der Waals surface area contributed by atoms with Gasteiger partial charge >= 0.3 is 0 Å². The van der Waals surface area contributed by atoms with Gasteiger partial charge in [0.15, 0.2) is 0 Å². The highest BCUT2D eigenvalue weighted by Gasteiger charge is 2.48. The van der Waals surface area contributed by atoms with Crippen molar-refractivity contribution in [1.29, 1.82) is 0 Å². The molecule has 0 bridgehead atoms. The van der Waals surface area contributed by atoms with Gasteiger partial charge in [-0.15, -0.1) is 0 Å². The van der Waals surface area contributed by atoms with Crippen LogP contribution in [0.5, 0.6) is 0 Å². The molecule has 3 heteroatoms. The van der Waals surface area contributed by atoms with Crippen LogP contribution in [0.15, 0.2) is 12.3 Å². The lowest BCUT2D eigenvalue weighted by molar-refractivity contribution is 0.382. The minimum Gasteiger partial charge on any atom is -0.324 e. The van der Waals surface area contributed by atoms with E-state index in [0.717, 1.165) is 12.8 Å². The first-order chi connectivity index (χ1) is 6.54. The summed E-state index contributed by atoms with van der Waals surface area (Å²) in [7, 11) is 2.00. The van der Waals surface area contributed by atoms with Gasteiger partial charge in [-0.25, -0.2) is 0 Å². The molecule has 2 rings (SSSR count). The first-order valence-corrected chi connectivity index (χ1v) is 5.31. The van der Waals surface area contributed by atoms with Crippen LogP contribution >= 0.6 is 0 Å². The maximum atomic E-state index is 6.31. The van der Waals surface area contributed by atoms with Gasteiger partial charge < -0.3 is 5.73 Å². The Morgan fingerprint density at radius 3 is 2.50 bits per heavy atom. The lowest BCUT2D eigenvalue weighted by Crippen LogP contribution is -2.35. The summed E-state index contributed by atoms with van der Waals surface area (Å²) in [5.74, 6) is 1.04. The monoisotopic (exact) mass is 193 g/mol. The van der Waals surface area contributed by atoms with Crippen molar-refractivity contribution in [3.05, 3.63) is 18.0 Å². The fourth-order valence-electron chi connectivity index (χ4n) is 2.44. The molecule has 1 fully saturated rings. The molecular formula is C11H19N3. The van der Waals surface area contributed by atoms with Crippen LogP contribution in [0.1, 0.15) is 38.3 Å². The van der Waals surface area contributed by atoms with Gasteiger partial charge in [0.05, 0.1) is 0 Å². The molecule has 1 atom stereocenters. The van der Waals surface area contributed by atoms with E-state index in [9.17, 15) is 0 Å². The molecule has 0 aliphatic heterocycles. The molecule has 0 aromatic carbocycles. The molecule has 1 aromatic rings. The number of hydrogen-bond donors (Lipinski definition) is 1. The van der Waals surface area contributed by atoms with Gasteiger partial charge in [0.1, 0.15) is 0 Å². The summed E-state index contributed by atoms with van der Waals surface area (Å²) in [6.45, 7) is 4.48. The molecule has 1 aliphatic rings. The Bertz CT molecular complexity index is 323. The molecule has 0 saturated heterocycles. The second kappa shape index (κ2) is 3.09. The Kier molecular flexibility index (Phi) is 2.14. The fourth-order valence-corrected chi connectivity index (χ4v) is 2.44. The smallest absolute Gasteiger partial charge is 0.0492 e. The van der Waals surface area contributed by atoms with Crippen LogP contribution in [0.25, 0.3) is 0 Å². The van der Waals surface area contributed by atoms with Crippen molar-refractivity contribution in [2.24, 2.45) is 18.7 Å². The first kappa shape index (κ1) is 9.71. The van der Waals surface area contributed by atoms with E-state index in [-0.39, 0.29) is 5.54 Å². The maximum Gasteiger partial charge on any atom is 0.0492 e. The van der Waals surface area contributed by atoms with Crippen molar-refractivity contribution in [3.8, 4) is 0 Å². The topological polar surface area (TPSA) is 43.8 Å². The Hall–Kier alpha value is -0.830. The molecule has 1 aliphatic carbocycles. The molecule has 2 N–H and O–H groups in total. The summed E-state index contributed by atoms with van der Waals surface area (Å²) in [5.41, 5.74) is 7.63. The predicted molar refractivity (Wildman–Crippen MR) is 56.9 cm³/mol. The summed E-state index contributed by atoms with van der Waals surface area (Å²) in [5, 5.41) is 4.22. The average Bonchev–Trinajstić information content (AvgIpc) is 2.68. The van der Waals surface area contributed by atoms with Crippen molar-refractivity contribution < 1.29 is 0 Å². The molecule has 0 radical (unpaired) electrons. The third-order valence-corrected chi connectivity index (χ3v) is 3.29. The largest absolute Gasteiger partial charge is 0.324 e. The standard InChI is InChI=1S/C11H19N3/c1-8(2)10(11(12)5-6-11)9-4-7-13-14(9)3/h4,7-8,10H,5-6,12H2,1-3H3. The molecule has 1 heterocycles. The fraction of sp³-hybridized carbons (Fsp3) is 0.727. The molecule has 1 saturated carbocycles. The average molecular weight is 193 g/mol. The lowest BCUT2D eigenvalue weighted by atomic mass is 9.84. The van der Waals surface area contributed by atoms with Crippen LogP contribution in [0.4, 0.5) is 0 Å². The number of nitrogens with two attached hydrogens (primary N) is 1. The number of rotatable bonds is 3. The zero-order valence-electron chi connectivity index (χ0n) is 9.20. The summed E-state index contributed by atoms with van der Waals surface area (Å²) in [6, 6.07) is 2.09. The Morgan fingerprint density at radius 2 is 2.14 bits per heavy atom. The highest BCUT2D eigenvalue weighted by molar-refractivity contribution is 5.21. The molecule has 0 spiro atoms. The zero-order valence-corrected chi connectivity index (χ0v) is 9.20. The summed E-state index contributed by atoms with van der Waals surface area (Å²) in [6.07, 6.45) is 4.17. The van der Waals surface area contributed by atoms with E-state index >= 15 is 0 Å². The highest BCUT2D eigenvalue weighted by atomic mass is 15.3. The van der Waals surface area contributed by atoms with Crippen molar-refractivity contribution in [2.75, 3.05) is 0 Å². The van der Waals surface area contributed by atoms with Gasteiger partial charge in [-0.2, -0.15) is 5.10 Å². The Balaban J connectivity index is 2.32. The third kappa shape index (κ3) is 1.46. The quantitative estimate of drug-likeness (QED) is 0.793. The summed E-state index contributed by atoms with van der Waals surface area (Å²) >= 11 is 0. The minimum absolute atomic E-state index is 0.0436. The van der Waals surface area contributed by atoms with E-state index in [4.69, 9.17) is 5.73 Å². The highest BCUT2D eigenvalue weighted by Crippen LogP contribution is 2.48. The van der Waals surface area contributed by atoms with Crippen molar-refractivity contribution in [2.45, 2.75) is 38.1 Å². The number of aryl methyl sites for hydroxylation is 1. The summed E-state index contributed by atoms with van der Waals surface area (Å²) < 4.78 is 1.96. The molecule has 14 heavy (non-hydrogen) atoms. The van der Waals surface area contributed by atoms with Gasteiger partial charge in [-0.1, -0.05) is 13.8 Å². The third-order valence-electron chi connectivity index (χ3n) is 3.29. The Morgan fingerprint density at radius 1 is 1.50 bits per heavy atom. The minimum atomic E-state index is 0.0436. The van der Waals surface area contributed by atoms with Gasteiger partial charge in [0, 0.05) is 30.4 Å². The van der Waals surface area contributed by atoms with Gasteiger partial charge in [-0.3, -0.25) is 4.68 Å². The normalized spacial score (nSPS) is 21.2. The maximum absolute atomic E-state index is 6.31. The van der Waals surface area contributed by atoms with Crippen LogP contribution < -0.4 is 5.73 Å². The van der Waals surface area contributed by atoms with Crippen molar-refractivity contribution in [1.82, 2.24) is 9.78 Å². The van der Waals surface area contributed by atoms with E-state index in [1.807, 2.05) is 17.9 Å². The van der Waals surface area contributed by atoms with Gasteiger partial charge in [-0.05, 0) is 24.8 Å². The number of hydrogen-bond acceptors (Lipinski definition) is 2. The van der Waals surface area contributed by atoms with E-state index in [2.05, 4.69) is 25.0 Å². The number of aromatic nitrogens is 2. The van der Waals surface area contributed by atoms with Crippen LogP contribution in [0, 0.1) is 5.92 Å². The van der Waals surface area contributed by atoms with Gasteiger partial charge in [0.2, 0.25) is 0 Å². The molecule has 1 aromatic heterocycles. The zero-order chi connectivity index (χ0) is 10.3. The van der Waals surface area contributed by atoms with Crippen LogP contribution in [0.3, 0.4) is 0 Å². The van der Waals surface area contributed by atoms with E-state index in [0.29, 0.717) is 11.8 Å². The second-order valence-corrected chi connectivity index (χ2v) is 4.83. The molecular weight excluding hydrogens is 174 g/mol. The molecule has 1 unspecified atom stereocenters. The van der Waals surface area contributed by atoms with E-state index in [1.165, 1.54) is 5.69 Å². The lowest BCUT2D eigenvalue weighted by Gasteiger charge is -2.27. The van der Waals surface area contributed by atoms with Gasteiger partial charge in [0.25, 0.3) is 0 Å².